The van der Waals surface area contributed by atoms with Gasteiger partial charge in [0.05, 0.1) is 26.5 Å². The van der Waals surface area contributed by atoms with Gasteiger partial charge in [-0.1, -0.05) is 125 Å². The summed E-state index contributed by atoms with van der Waals surface area (Å²) in [6.45, 7) is 0. The number of halogens is 4. The predicted octanol–water partition coefficient (Wildman–Crippen LogP) is 9.38. The summed E-state index contributed by atoms with van der Waals surface area (Å²) >= 11 is 23.3. The summed E-state index contributed by atoms with van der Waals surface area (Å²) < 4.78 is 0. The van der Waals surface area contributed by atoms with Crippen molar-refractivity contribution in [2.75, 3.05) is 0 Å². The lowest BCUT2D eigenvalue weighted by Gasteiger charge is -2.16. The first-order valence-corrected chi connectivity index (χ1v) is 12.8. The second kappa shape index (κ2) is 16.5. The lowest BCUT2D eigenvalue weighted by molar-refractivity contribution is -0.137. The molecule has 8 heteroatoms. The van der Waals surface area contributed by atoms with Crippen molar-refractivity contribution in [3.63, 3.8) is 0 Å². The van der Waals surface area contributed by atoms with E-state index in [9.17, 15) is 9.59 Å². The maximum atomic E-state index is 11.0. The number of carbonyl (C=O) groups is 2. The van der Waals surface area contributed by atoms with E-state index in [1.807, 2.05) is 72.8 Å². The molecule has 2 N–H and O–H groups in total. The van der Waals surface area contributed by atoms with E-state index in [0.717, 1.165) is 17.2 Å². The maximum absolute atomic E-state index is 11.0. The van der Waals surface area contributed by atoms with Crippen molar-refractivity contribution in [1.29, 1.82) is 0 Å². The molecule has 0 aliphatic carbocycles. The topological polar surface area (TPSA) is 74.6 Å². The third-order valence-electron chi connectivity index (χ3n) is 4.96. The summed E-state index contributed by atoms with van der Waals surface area (Å²) in [5, 5.41) is 19.2. The molecule has 196 valence electrons. The molecular weight excluding hydrogens is 566 g/mol. The molecule has 0 heterocycles. The number of benzene rings is 4. The molecule has 0 aromatic heterocycles. The first kappa shape index (κ1) is 30.9. The Balaban J connectivity index is 0.000000229. The van der Waals surface area contributed by atoms with Gasteiger partial charge in [0.25, 0.3) is 0 Å². The van der Waals surface area contributed by atoms with E-state index in [1.165, 1.54) is 6.08 Å². The second-order valence-electron chi connectivity index (χ2n) is 7.73. The highest BCUT2D eigenvalue weighted by Gasteiger charge is 2.18. The lowest BCUT2D eigenvalue weighted by Crippen LogP contribution is -2.08. The van der Waals surface area contributed by atoms with Crippen molar-refractivity contribution in [2.24, 2.45) is 0 Å². The van der Waals surface area contributed by atoms with Crippen LogP contribution in [0.4, 0.5) is 0 Å². The van der Waals surface area contributed by atoms with Crippen LogP contribution in [-0.4, -0.2) is 22.2 Å². The number of carboxylic acids is 2. The number of hydrogen-bond donors (Lipinski definition) is 2. The predicted molar refractivity (Wildman–Crippen MR) is 157 cm³/mol. The van der Waals surface area contributed by atoms with Crippen molar-refractivity contribution >= 4 is 64.4 Å². The Kier molecular flexibility index (Phi) is 13.5. The Labute approximate surface area is 241 Å². The van der Waals surface area contributed by atoms with Crippen LogP contribution in [-0.2, 0) is 9.59 Å². The molecule has 1 atom stereocenters. The molecule has 0 radical (unpaired) electrons. The summed E-state index contributed by atoms with van der Waals surface area (Å²) in [7, 11) is 0. The van der Waals surface area contributed by atoms with Gasteiger partial charge in [-0.05, 0) is 47.0 Å². The third kappa shape index (κ3) is 11.4. The minimum atomic E-state index is -0.994. The summed E-state index contributed by atoms with van der Waals surface area (Å²) in [4.78, 5) is 21.2. The number of carboxylic acid groups (broad SMARTS) is 2. The molecule has 4 rings (SSSR count). The van der Waals surface area contributed by atoms with Crippen LogP contribution in [0.1, 0.15) is 29.0 Å². The van der Waals surface area contributed by atoms with Gasteiger partial charge in [0.15, 0.2) is 0 Å². The van der Waals surface area contributed by atoms with Gasteiger partial charge in [-0.3, -0.25) is 4.79 Å². The molecule has 0 aliphatic rings. The SMILES string of the molecule is O=C(O)/C=C/c1ccc(Cl)c(Cl)c1.O=C(O)CC(c1ccccc1)c1ccc(Cl)c(Cl)c1.c1ccccc1. The summed E-state index contributed by atoms with van der Waals surface area (Å²) in [5.41, 5.74) is 2.50. The average molecular weight is 590 g/mol. The quantitative estimate of drug-likeness (QED) is 0.220. The van der Waals surface area contributed by atoms with Gasteiger partial charge < -0.3 is 10.2 Å². The minimum Gasteiger partial charge on any atom is -0.481 e. The van der Waals surface area contributed by atoms with Crippen LogP contribution in [0.5, 0.6) is 0 Å². The zero-order valence-corrected chi connectivity index (χ0v) is 23.0. The number of aliphatic carboxylic acids is 2. The Morgan fingerprint density at radius 2 is 1.13 bits per heavy atom. The van der Waals surface area contributed by atoms with E-state index in [4.69, 9.17) is 56.6 Å². The molecule has 4 aromatic carbocycles. The van der Waals surface area contributed by atoms with Gasteiger partial charge in [-0.2, -0.15) is 0 Å². The smallest absolute Gasteiger partial charge is 0.328 e. The highest BCUT2D eigenvalue weighted by Crippen LogP contribution is 2.32. The molecule has 0 saturated heterocycles. The fraction of sp³-hybridized carbons (Fsp3) is 0.0667. The first-order valence-electron chi connectivity index (χ1n) is 11.2. The molecule has 0 spiro atoms. The Hall–Kier alpha value is -3.28. The average Bonchev–Trinajstić information content (AvgIpc) is 2.92. The van der Waals surface area contributed by atoms with Crippen molar-refractivity contribution in [1.82, 2.24) is 0 Å². The van der Waals surface area contributed by atoms with Gasteiger partial charge in [0, 0.05) is 12.0 Å². The molecule has 0 bridgehead atoms. The maximum Gasteiger partial charge on any atom is 0.328 e. The van der Waals surface area contributed by atoms with Crippen LogP contribution in [0.2, 0.25) is 20.1 Å². The largest absolute Gasteiger partial charge is 0.481 e. The minimum absolute atomic E-state index is 0.0158. The van der Waals surface area contributed by atoms with Gasteiger partial charge >= 0.3 is 11.9 Å². The van der Waals surface area contributed by atoms with Crippen molar-refractivity contribution in [2.45, 2.75) is 12.3 Å². The van der Waals surface area contributed by atoms with Crippen LogP contribution in [0, 0.1) is 0 Å². The molecule has 4 nitrogen and oxygen atoms in total. The fourth-order valence-corrected chi connectivity index (χ4v) is 3.80. The van der Waals surface area contributed by atoms with Gasteiger partial charge in [0.1, 0.15) is 0 Å². The number of hydrogen-bond acceptors (Lipinski definition) is 2. The van der Waals surface area contributed by atoms with Crippen LogP contribution in [0.3, 0.4) is 0 Å². The Morgan fingerprint density at radius 3 is 1.61 bits per heavy atom. The first-order chi connectivity index (χ1) is 18.2. The van der Waals surface area contributed by atoms with Crippen LogP contribution in [0.25, 0.3) is 6.08 Å². The molecule has 0 fully saturated rings. The zero-order valence-electron chi connectivity index (χ0n) is 20.0. The fourth-order valence-electron chi connectivity index (χ4n) is 3.19. The standard InChI is InChI=1S/C15H12Cl2O2.C9H6Cl2O2.C6H6/c16-13-7-6-11(8-14(13)17)12(9-15(18)19)10-4-2-1-3-5-10;10-7-3-1-6(5-8(7)11)2-4-9(12)13;1-2-4-6-5-3-1/h1-8,12H,9H2,(H,18,19);1-5H,(H,12,13);1-6H/b;4-2+;. The highest BCUT2D eigenvalue weighted by molar-refractivity contribution is 6.42. The summed E-state index contributed by atoms with van der Waals surface area (Å²) in [5.74, 6) is -2.07. The van der Waals surface area contributed by atoms with Crippen molar-refractivity contribution in [3.05, 3.63) is 146 Å². The molecule has 1 unspecified atom stereocenters. The van der Waals surface area contributed by atoms with Gasteiger partial charge in [-0.25, -0.2) is 4.79 Å². The normalized spacial score (nSPS) is 10.9. The van der Waals surface area contributed by atoms with Crippen LogP contribution >= 0.6 is 46.4 Å². The van der Waals surface area contributed by atoms with Crippen LogP contribution < -0.4 is 0 Å². The Morgan fingerprint density at radius 1 is 0.632 bits per heavy atom. The molecular formula is C30H24Cl4O4. The third-order valence-corrected chi connectivity index (χ3v) is 6.43. The summed E-state index contributed by atoms with van der Waals surface area (Å²) in [6, 6.07) is 31.6. The monoisotopic (exact) mass is 588 g/mol. The zero-order chi connectivity index (χ0) is 27.9. The van der Waals surface area contributed by atoms with E-state index in [2.05, 4.69) is 0 Å². The molecule has 0 aliphatic heterocycles. The molecule has 0 saturated carbocycles. The molecule has 38 heavy (non-hydrogen) atoms. The van der Waals surface area contributed by atoms with E-state index >= 15 is 0 Å². The summed E-state index contributed by atoms with van der Waals surface area (Å²) in [6.07, 6.45) is 2.51. The molecule has 0 amide bonds. The van der Waals surface area contributed by atoms with E-state index in [0.29, 0.717) is 25.7 Å². The van der Waals surface area contributed by atoms with Gasteiger partial charge in [-0.15, -0.1) is 0 Å². The highest BCUT2D eigenvalue weighted by atomic mass is 35.5. The lowest BCUT2D eigenvalue weighted by atomic mass is 9.89. The molecule has 4 aromatic rings. The van der Waals surface area contributed by atoms with E-state index in [1.54, 1.807) is 30.3 Å². The second-order valence-corrected chi connectivity index (χ2v) is 9.36. The van der Waals surface area contributed by atoms with Crippen molar-refractivity contribution < 1.29 is 19.8 Å². The van der Waals surface area contributed by atoms with Crippen LogP contribution in [0.15, 0.2) is 109 Å². The number of rotatable bonds is 6. The Bertz CT molecular complexity index is 1320. The van der Waals surface area contributed by atoms with E-state index < -0.39 is 11.9 Å². The van der Waals surface area contributed by atoms with Gasteiger partial charge in [0.2, 0.25) is 0 Å². The van der Waals surface area contributed by atoms with Crippen molar-refractivity contribution in [3.8, 4) is 0 Å². The van der Waals surface area contributed by atoms with E-state index in [-0.39, 0.29) is 12.3 Å².